The van der Waals surface area contributed by atoms with E-state index in [-0.39, 0.29) is 11.9 Å². The first-order valence-corrected chi connectivity index (χ1v) is 7.98. The molecule has 22 heavy (non-hydrogen) atoms. The zero-order chi connectivity index (χ0) is 15.9. The molecule has 1 aromatic carbocycles. The molecule has 1 N–H and O–H groups in total. The summed E-state index contributed by atoms with van der Waals surface area (Å²) in [5.41, 5.74) is 1.97. The van der Waals surface area contributed by atoms with Crippen LogP contribution in [0.5, 0.6) is 0 Å². The number of nitrogens with one attached hydrogen (secondary N) is 1. The minimum atomic E-state index is -0.261. The Morgan fingerprint density at radius 1 is 1.36 bits per heavy atom. The van der Waals surface area contributed by atoms with Gasteiger partial charge < -0.3 is 14.6 Å². The van der Waals surface area contributed by atoms with Gasteiger partial charge in [0.15, 0.2) is 5.16 Å². The van der Waals surface area contributed by atoms with Crippen molar-refractivity contribution in [3.05, 3.63) is 24.3 Å². The number of rotatable bonds is 7. The SMILES string of the molecule is COC(=O)CCCNC(=O)CSc1nc2ccccc2n1C. The van der Waals surface area contributed by atoms with Gasteiger partial charge >= 0.3 is 5.97 Å². The van der Waals surface area contributed by atoms with E-state index in [9.17, 15) is 9.59 Å². The lowest BCUT2D eigenvalue weighted by molar-refractivity contribution is -0.140. The molecule has 0 saturated heterocycles. The normalized spacial score (nSPS) is 10.6. The van der Waals surface area contributed by atoms with Gasteiger partial charge in [-0.2, -0.15) is 0 Å². The summed E-state index contributed by atoms with van der Waals surface area (Å²) in [6.07, 6.45) is 0.893. The molecule has 0 aliphatic heterocycles. The van der Waals surface area contributed by atoms with Crippen LogP contribution in [0.25, 0.3) is 11.0 Å². The van der Waals surface area contributed by atoms with Gasteiger partial charge in [-0.15, -0.1) is 0 Å². The molecule has 6 nitrogen and oxygen atoms in total. The summed E-state index contributed by atoms with van der Waals surface area (Å²) in [4.78, 5) is 27.2. The van der Waals surface area contributed by atoms with Gasteiger partial charge in [-0.25, -0.2) is 4.98 Å². The summed E-state index contributed by atoms with van der Waals surface area (Å²) < 4.78 is 6.51. The number of benzene rings is 1. The molecule has 118 valence electrons. The first-order chi connectivity index (χ1) is 10.6. The third kappa shape index (κ3) is 4.24. The third-order valence-corrected chi connectivity index (χ3v) is 4.22. The van der Waals surface area contributed by atoms with Crippen molar-refractivity contribution < 1.29 is 14.3 Å². The number of amides is 1. The molecule has 0 atom stereocenters. The number of para-hydroxylation sites is 2. The van der Waals surface area contributed by atoms with Crippen molar-refractivity contribution in [2.75, 3.05) is 19.4 Å². The average Bonchev–Trinajstić information content (AvgIpc) is 2.86. The Bertz CT molecular complexity index is 669. The topological polar surface area (TPSA) is 73.2 Å². The summed E-state index contributed by atoms with van der Waals surface area (Å²) in [5, 5.41) is 3.59. The van der Waals surface area contributed by atoms with Crippen molar-refractivity contribution in [1.82, 2.24) is 14.9 Å². The highest BCUT2D eigenvalue weighted by atomic mass is 32.2. The Balaban J connectivity index is 1.78. The smallest absolute Gasteiger partial charge is 0.305 e. The number of aromatic nitrogens is 2. The highest BCUT2D eigenvalue weighted by Crippen LogP contribution is 2.22. The Morgan fingerprint density at radius 3 is 2.86 bits per heavy atom. The number of ether oxygens (including phenoxy) is 1. The van der Waals surface area contributed by atoms with Crippen molar-refractivity contribution in [2.45, 2.75) is 18.0 Å². The number of thioether (sulfide) groups is 1. The van der Waals surface area contributed by atoms with E-state index in [1.807, 2.05) is 35.9 Å². The summed E-state index contributed by atoms with van der Waals surface area (Å²) in [7, 11) is 3.29. The highest BCUT2D eigenvalue weighted by Gasteiger charge is 2.10. The van der Waals surface area contributed by atoms with Crippen molar-refractivity contribution in [3.63, 3.8) is 0 Å². The van der Waals surface area contributed by atoms with Gasteiger partial charge in [0.1, 0.15) is 0 Å². The number of hydrogen-bond acceptors (Lipinski definition) is 5. The number of carbonyl (C=O) groups excluding carboxylic acids is 2. The molecule has 1 heterocycles. The zero-order valence-corrected chi connectivity index (χ0v) is 13.5. The summed E-state index contributed by atoms with van der Waals surface area (Å²) in [5.74, 6) is -0.0275. The Morgan fingerprint density at radius 2 is 2.14 bits per heavy atom. The number of esters is 1. The average molecular weight is 321 g/mol. The second kappa shape index (κ2) is 7.84. The van der Waals surface area contributed by atoms with E-state index in [4.69, 9.17) is 0 Å². The lowest BCUT2D eigenvalue weighted by atomic mass is 10.3. The van der Waals surface area contributed by atoms with Crippen LogP contribution in [0.1, 0.15) is 12.8 Å². The van der Waals surface area contributed by atoms with Gasteiger partial charge in [0.25, 0.3) is 0 Å². The van der Waals surface area contributed by atoms with Crippen LogP contribution in [0, 0.1) is 0 Å². The van der Waals surface area contributed by atoms with Crippen LogP contribution in [0.15, 0.2) is 29.4 Å². The van der Waals surface area contributed by atoms with Crippen LogP contribution in [0.3, 0.4) is 0 Å². The number of carbonyl (C=O) groups is 2. The van der Waals surface area contributed by atoms with E-state index in [2.05, 4.69) is 15.0 Å². The van der Waals surface area contributed by atoms with Crippen LogP contribution in [0.2, 0.25) is 0 Å². The van der Waals surface area contributed by atoms with Crippen molar-refractivity contribution >= 4 is 34.7 Å². The molecule has 7 heteroatoms. The fourth-order valence-electron chi connectivity index (χ4n) is 2.00. The largest absolute Gasteiger partial charge is 0.469 e. The molecule has 0 bridgehead atoms. The molecular weight excluding hydrogens is 302 g/mol. The van der Waals surface area contributed by atoms with Gasteiger partial charge in [0, 0.05) is 20.0 Å². The predicted octanol–water partition coefficient (Wildman–Crippen LogP) is 1.73. The maximum Gasteiger partial charge on any atom is 0.305 e. The van der Waals surface area contributed by atoms with E-state index in [1.165, 1.54) is 18.9 Å². The van der Waals surface area contributed by atoms with Crippen LogP contribution in [0.4, 0.5) is 0 Å². The Kier molecular flexibility index (Phi) is 5.83. The van der Waals surface area contributed by atoms with Gasteiger partial charge in [0.05, 0.1) is 23.9 Å². The molecule has 1 amide bonds. The summed E-state index contributed by atoms with van der Waals surface area (Å²) in [6, 6.07) is 7.86. The molecule has 0 spiro atoms. The van der Waals surface area contributed by atoms with E-state index >= 15 is 0 Å². The first kappa shape index (κ1) is 16.4. The van der Waals surface area contributed by atoms with E-state index in [1.54, 1.807) is 0 Å². The molecular formula is C15H19N3O3S. The van der Waals surface area contributed by atoms with Gasteiger partial charge in [-0.3, -0.25) is 9.59 Å². The highest BCUT2D eigenvalue weighted by molar-refractivity contribution is 7.99. The molecule has 0 aliphatic rings. The number of imidazole rings is 1. The maximum atomic E-state index is 11.8. The van der Waals surface area contributed by atoms with Crippen LogP contribution >= 0.6 is 11.8 Å². The number of hydrogen-bond donors (Lipinski definition) is 1. The fourth-order valence-corrected chi connectivity index (χ4v) is 2.81. The van der Waals surface area contributed by atoms with Crippen molar-refractivity contribution in [3.8, 4) is 0 Å². The molecule has 2 aromatic rings. The minimum absolute atomic E-state index is 0.0677. The summed E-state index contributed by atoms with van der Waals surface area (Å²) in [6.45, 7) is 0.469. The fraction of sp³-hybridized carbons (Fsp3) is 0.400. The van der Waals surface area contributed by atoms with E-state index in [0.717, 1.165) is 16.2 Å². The minimum Gasteiger partial charge on any atom is -0.469 e. The number of methoxy groups -OCH3 is 1. The molecule has 0 unspecified atom stereocenters. The van der Waals surface area contributed by atoms with Crippen LogP contribution < -0.4 is 5.32 Å². The van der Waals surface area contributed by atoms with E-state index in [0.29, 0.717) is 25.1 Å². The molecule has 0 fully saturated rings. The van der Waals surface area contributed by atoms with Gasteiger partial charge in [-0.05, 0) is 18.6 Å². The number of nitrogens with zero attached hydrogens (tertiary/aromatic N) is 2. The summed E-state index contributed by atoms with van der Waals surface area (Å²) >= 11 is 1.40. The second-order valence-corrected chi connectivity index (χ2v) is 5.70. The molecule has 0 radical (unpaired) electrons. The zero-order valence-electron chi connectivity index (χ0n) is 12.7. The third-order valence-electron chi connectivity index (χ3n) is 3.19. The molecule has 0 aliphatic carbocycles. The van der Waals surface area contributed by atoms with Crippen molar-refractivity contribution in [1.29, 1.82) is 0 Å². The lowest BCUT2D eigenvalue weighted by Gasteiger charge is -2.05. The Hall–Kier alpha value is -2.02. The second-order valence-electron chi connectivity index (χ2n) is 4.76. The first-order valence-electron chi connectivity index (χ1n) is 6.99. The molecule has 1 aromatic heterocycles. The van der Waals surface area contributed by atoms with E-state index < -0.39 is 0 Å². The van der Waals surface area contributed by atoms with Crippen LogP contribution in [-0.2, 0) is 21.4 Å². The van der Waals surface area contributed by atoms with Crippen LogP contribution in [-0.4, -0.2) is 40.8 Å². The molecule has 0 saturated carbocycles. The lowest BCUT2D eigenvalue weighted by Crippen LogP contribution is -2.26. The quantitative estimate of drug-likeness (QED) is 0.478. The number of fused-ring (bicyclic) bond motifs is 1. The predicted molar refractivity (Wildman–Crippen MR) is 85.7 cm³/mol. The molecule has 2 rings (SSSR count). The monoisotopic (exact) mass is 321 g/mol. The maximum absolute atomic E-state index is 11.8. The van der Waals surface area contributed by atoms with Gasteiger partial charge in [-0.1, -0.05) is 23.9 Å². The van der Waals surface area contributed by atoms with Gasteiger partial charge in [0.2, 0.25) is 5.91 Å². The van der Waals surface area contributed by atoms with Crippen molar-refractivity contribution in [2.24, 2.45) is 7.05 Å². The number of aryl methyl sites for hydroxylation is 1. The standard InChI is InChI=1S/C15H19N3O3S/c1-18-12-7-4-3-6-11(12)17-15(18)22-10-13(19)16-9-5-8-14(20)21-2/h3-4,6-7H,5,8-10H2,1-2H3,(H,16,19). The Labute approximate surface area is 133 Å².